The van der Waals surface area contributed by atoms with Crippen molar-refractivity contribution in [2.75, 3.05) is 18.9 Å². The van der Waals surface area contributed by atoms with Gasteiger partial charge in [0.05, 0.1) is 12.3 Å². The quantitative estimate of drug-likeness (QED) is 0.357. The van der Waals surface area contributed by atoms with Crippen LogP contribution in [0.4, 0.5) is 0 Å². The molecule has 1 heterocycles. The molecule has 1 atom stereocenters. The van der Waals surface area contributed by atoms with Crippen molar-refractivity contribution < 1.29 is 14.3 Å². The van der Waals surface area contributed by atoms with Crippen molar-refractivity contribution in [3.8, 4) is 5.75 Å². The highest BCUT2D eigenvalue weighted by atomic mass is 35.5. The zero-order valence-electron chi connectivity index (χ0n) is 20.8. The Bertz CT molecular complexity index is 1190. The number of nitrogens with one attached hydrogen (secondary N) is 1. The Hall–Kier alpha value is -2.96. The van der Waals surface area contributed by atoms with E-state index in [2.05, 4.69) is 38.2 Å². The zero-order valence-corrected chi connectivity index (χ0v) is 22.4. The van der Waals surface area contributed by atoms with E-state index in [0.29, 0.717) is 36.0 Å². The highest BCUT2D eigenvalue weighted by Crippen LogP contribution is 2.39. The summed E-state index contributed by atoms with van der Waals surface area (Å²) in [5, 5.41) is 3.50. The molecule has 2 amide bonds. The van der Waals surface area contributed by atoms with Gasteiger partial charge in [-0.05, 0) is 58.5 Å². The van der Waals surface area contributed by atoms with Crippen molar-refractivity contribution in [3.63, 3.8) is 0 Å². The molecular weight excluding hydrogens is 492 g/mol. The standard InChI is InChI=1S/C29H31ClN2O3S/c1-29(2,3)23-10-14-25(15-11-23)35-17-16-31-27(34)21-6-8-22(9-7-21)28-32(26(33)19-36-28)18-20-4-12-24(30)13-5-20/h4-15,28H,16-19H2,1-3H3,(H,31,34). The van der Waals surface area contributed by atoms with E-state index in [1.54, 1.807) is 23.9 Å². The Balaban J connectivity index is 1.28. The second kappa shape index (κ2) is 11.4. The summed E-state index contributed by atoms with van der Waals surface area (Å²) in [5.74, 6) is 1.18. The molecular formula is C29H31ClN2O3S. The Morgan fingerprint density at radius 1 is 1.03 bits per heavy atom. The summed E-state index contributed by atoms with van der Waals surface area (Å²) in [4.78, 5) is 27.0. The first-order valence-corrected chi connectivity index (χ1v) is 13.4. The largest absolute Gasteiger partial charge is 0.492 e. The Morgan fingerprint density at radius 2 is 1.69 bits per heavy atom. The van der Waals surface area contributed by atoms with E-state index >= 15 is 0 Å². The molecule has 7 heteroatoms. The third-order valence-electron chi connectivity index (χ3n) is 6.07. The van der Waals surface area contributed by atoms with Crippen molar-refractivity contribution in [1.82, 2.24) is 10.2 Å². The minimum absolute atomic E-state index is 0.0802. The highest BCUT2D eigenvalue weighted by Gasteiger charge is 2.32. The van der Waals surface area contributed by atoms with Gasteiger partial charge in [0.25, 0.3) is 5.91 Å². The number of ether oxygens (including phenoxy) is 1. The molecule has 3 aromatic carbocycles. The Morgan fingerprint density at radius 3 is 2.33 bits per heavy atom. The molecule has 36 heavy (non-hydrogen) atoms. The molecule has 4 rings (SSSR count). The van der Waals surface area contributed by atoms with E-state index in [0.717, 1.165) is 16.9 Å². The molecule has 0 bridgehead atoms. The lowest BCUT2D eigenvalue weighted by Crippen LogP contribution is -2.28. The first-order valence-electron chi connectivity index (χ1n) is 12.0. The minimum atomic E-state index is -0.151. The molecule has 5 nitrogen and oxygen atoms in total. The van der Waals surface area contributed by atoms with E-state index in [1.807, 2.05) is 53.4 Å². The number of nitrogens with zero attached hydrogens (tertiary/aromatic N) is 1. The molecule has 1 N–H and O–H groups in total. The van der Waals surface area contributed by atoms with Crippen molar-refractivity contribution in [2.24, 2.45) is 0 Å². The zero-order chi connectivity index (χ0) is 25.7. The van der Waals surface area contributed by atoms with Gasteiger partial charge in [0.15, 0.2) is 0 Å². The summed E-state index contributed by atoms with van der Waals surface area (Å²) in [6.07, 6.45) is 0. The number of thioether (sulfide) groups is 1. The van der Waals surface area contributed by atoms with Crippen molar-refractivity contribution in [3.05, 3.63) is 100 Å². The summed E-state index contributed by atoms with van der Waals surface area (Å²) in [5.41, 5.74) is 3.96. The summed E-state index contributed by atoms with van der Waals surface area (Å²) in [6, 6.07) is 23.1. The van der Waals surface area contributed by atoms with Gasteiger partial charge < -0.3 is 15.0 Å². The van der Waals surface area contributed by atoms with Gasteiger partial charge in [0, 0.05) is 17.1 Å². The molecule has 1 fully saturated rings. The summed E-state index contributed by atoms with van der Waals surface area (Å²) in [7, 11) is 0. The first kappa shape index (κ1) is 26.1. The van der Waals surface area contributed by atoms with Gasteiger partial charge >= 0.3 is 0 Å². The third kappa shape index (κ3) is 6.62. The smallest absolute Gasteiger partial charge is 0.251 e. The number of amides is 2. The second-order valence-electron chi connectivity index (χ2n) is 9.81. The van der Waals surface area contributed by atoms with Crippen LogP contribution in [0, 0.1) is 0 Å². The third-order valence-corrected chi connectivity index (χ3v) is 7.58. The lowest BCUT2D eigenvalue weighted by atomic mass is 9.87. The molecule has 0 aromatic heterocycles. The molecule has 0 radical (unpaired) electrons. The molecule has 1 unspecified atom stereocenters. The van der Waals surface area contributed by atoms with Gasteiger partial charge in [-0.25, -0.2) is 0 Å². The Kier molecular flexibility index (Phi) is 8.27. The van der Waals surface area contributed by atoms with E-state index in [9.17, 15) is 9.59 Å². The van der Waals surface area contributed by atoms with E-state index in [1.165, 1.54) is 5.56 Å². The number of carbonyl (C=O) groups is 2. The fourth-order valence-electron chi connectivity index (χ4n) is 3.97. The van der Waals surface area contributed by atoms with Crippen molar-refractivity contribution >= 4 is 35.2 Å². The van der Waals surface area contributed by atoms with E-state index < -0.39 is 0 Å². The maximum Gasteiger partial charge on any atom is 0.251 e. The summed E-state index contributed by atoms with van der Waals surface area (Å²) >= 11 is 7.58. The van der Waals surface area contributed by atoms with Gasteiger partial charge in [-0.1, -0.05) is 68.8 Å². The van der Waals surface area contributed by atoms with Crippen LogP contribution in [0.1, 0.15) is 53.2 Å². The SMILES string of the molecule is CC(C)(C)c1ccc(OCCNC(=O)c2ccc(C3SCC(=O)N3Cc3ccc(Cl)cc3)cc2)cc1. The van der Waals surface area contributed by atoms with Crippen LogP contribution in [0.5, 0.6) is 5.75 Å². The minimum Gasteiger partial charge on any atom is -0.492 e. The molecule has 1 aliphatic rings. The van der Waals surface area contributed by atoms with Crippen LogP contribution in [0.15, 0.2) is 72.8 Å². The van der Waals surface area contributed by atoms with Crippen molar-refractivity contribution in [1.29, 1.82) is 0 Å². The number of carbonyl (C=O) groups excluding carboxylic acids is 2. The lowest BCUT2D eigenvalue weighted by molar-refractivity contribution is -0.128. The van der Waals surface area contributed by atoms with Gasteiger partial charge in [0.1, 0.15) is 17.7 Å². The number of hydrogen-bond acceptors (Lipinski definition) is 4. The van der Waals surface area contributed by atoms with Crippen LogP contribution >= 0.6 is 23.4 Å². The lowest BCUT2D eigenvalue weighted by Gasteiger charge is -2.24. The number of benzene rings is 3. The average molecular weight is 523 g/mol. The molecule has 0 spiro atoms. The van der Waals surface area contributed by atoms with Gasteiger partial charge in [0.2, 0.25) is 5.91 Å². The van der Waals surface area contributed by atoms with Crippen LogP contribution in [-0.4, -0.2) is 35.6 Å². The highest BCUT2D eigenvalue weighted by molar-refractivity contribution is 8.00. The molecule has 1 aliphatic heterocycles. The van der Waals surface area contributed by atoms with Crippen molar-refractivity contribution in [2.45, 2.75) is 38.1 Å². The van der Waals surface area contributed by atoms with Crippen LogP contribution < -0.4 is 10.1 Å². The molecule has 0 saturated carbocycles. The average Bonchev–Trinajstić information content (AvgIpc) is 3.22. The van der Waals surface area contributed by atoms with Crippen LogP contribution in [-0.2, 0) is 16.8 Å². The van der Waals surface area contributed by atoms with Gasteiger partial charge in [-0.2, -0.15) is 0 Å². The fraction of sp³-hybridized carbons (Fsp3) is 0.310. The van der Waals surface area contributed by atoms with Crippen LogP contribution in [0.3, 0.4) is 0 Å². The number of halogens is 1. The summed E-state index contributed by atoms with van der Waals surface area (Å²) < 4.78 is 5.76. The first-order chi connectivity index (χ1) is 17.2. The molecule has 3 aromatic rings. The Labute approximate surface area is 222 Å². The predicted octanol–water partition coefficient (Wildman–Crippen LogP) is 6.22. The topological polar surface area (TPSA) is 58.6 Å². The van der Waals surface area contributed by atoms with E-state index in [-0.39, 0.29) is 22.6 Å². The normalized spacial score (nSPS) is 15.7. The maximum atomic E-state index is 12.6. The second-order valence-corrected chi connectivity index (χ2v) is 11.3. The molecule has 1 saturated heterocycles. The predicted molar refractivity (Wildman–Crippen MR) is 147 cm³/mol. The molecule has 0 aliphatic carbocycles. The van der Waals surface area contributed by atoms with Crippen LogP contribution in [0.2, 0.25) is 5.02 Å². The van der Waals surface area contributed by atoms with Gasteiger partial charge in [-0.15, -0.1) is 11.8 Å². The monoisotopic (exact) mass is 522 g/mol. The van der Waals surface area contributed by atoms with E-state index in [4.69, 9.17) is 16.3 Å². The number of rotatable bonds is 8. The van der Waals surface area contributed by atoms with Gasteiger partial charge in [-0.3, -0.25) is 9.59 Å². The molecule has 188 valence electrons. The summed E-state index contributed by atoms with van der Waals surface area (Å²) in [6.45, 7) is 7.84. The number of hydrogen-bond donors (Lipinski definition) is 1. The maximum absolute atomic E-state index is 12.6. The fourth-order valence-corrected chi connectivity index (χ4v) is 5.29. The van der Waals surface area contributed by atoms with Crippen LogP contribution in [0.25, 0.3) is 0 Å².